The largest absolute Gasteiger partial charge is 0.219 e. The predicted molar refractivity (Wildman–Crippen MR) is 39.3 cm³/mol. The Morgan fingerprint density at radius 2 is 0.760 bits per heavy atom. The Morgan fingerprint density at radius 3 is 1.04 bits per heavy atom. The molecule has 152 valence electrons. The van der Waals surface area contributed by atoms with Crippen LogP contribution in [0, 0.1) is 0 Å². The van der Waals surface area contributed by atoms with E-state index in [0.29, 0.717) is 5.23 Å². The molecule has 0 unspecified atom stereocenters. The maximum absolute atomic E-state index is 7.56. The highest BCUT2D eigenvalue weighted by atomic mass is 18.0. The summed E-state index contributed by atoms with van der Waals surface area (Å²) in [6, 6.07) is 0. The fraction of sp³-hybridized carbons (Fsp3) is 1.00. The first kappa shape index (κ1) is 24.1. The van der Waals surface area contributed by atoms with Gasteiger partial charge in [-0.05, 0) is 97.6 Å². The Bertz CT molecular complexity index is 214. The van der Waals surface area contributed by atoms with Crippen LogP contribution in [0.25, 0.3) is 0 Å². The van der Waals surface area contributed by atoms with Crippen LogP contribution in [0.5, 0.6) is 0 Å². The second kappa shape index (κ2) is 21.1. The highest BCUT2D eigenvalue weighted by Gasteiger charge is 2.09. The van der Waals surface area contributed by atoms with Crippen LogP contribution in [0.2, 0.25) is 0 Å². The number of nitrogens with zero attached hydrogens (tertiary/aromatic N) is 1. The van der Waals surface area contributed by atoms with E-state index in [1.165, 1.54) is 6.92 Å². The summed E-state index contributed by atoms with van der Waals surface area (Å²) >= 11 is 0. The summed E-state index contributed by atoms with van der Waals surface area (Å²) in [7, 11) is 0. The third-order valence-electron chi connectivity index (χ3n) is 0.935. The SMILES string of the molecule is CCN(OOOOOOOOOOO)OOOOOOOOOOO. The van der Waals surface area contributed by atoms with Crippen LogP contribution in [-0.2, 0) is 101 Å². The number of rotatable bonds is 21. The van der Waals surface area contributed by atoms with Crippen molar-refractivity contribution in [2.45, 2.75) is 6.92 Å². The number of hydrogen-bond acceptors (Lipinski definition) is 23. The quantitative estimate of drug-likeness (QED) is 0.133. The van der Waals surface area contributed by atoms with Gasteiger partial charge in [0.15, 0.2) is 0 Å². The molecule has 0 radical (unpaired) electrons. The monoisotopic (exact) mass is 397 g/mol. The summed E-state index contributed by atoms with van der Waals surface area (Å²) in [5.74, 6) is 0. The van der Waals surface area contributed by atoms with Gasteiger partial charge in [0, 0.05) is 5.23 Å². The molecule has 0 heterocycles. The molecule has 0 aliphatic rings. The van der Waals surface area contributed by atoms with Crippen molar-refractivity contribution in [2.75, 3.05) is 6.54 Å². The first-order valence-electron chi connectivity index (χ1n) is 4.75. The van der Waals surface area contributed by atoms with E-state index in [2.05, 4.69) is 101 Å². The first-order valence-corrected chi connectivity index (χ1v) is 4.75. The second-order valence-electron chi connectivity index (χ2n) is 2.04. The van der Waals surface area contributed by atoms with Crippen molar-refractivity contribution in [3.8, 4) is 0 Å². The molecule has 23 heteroatoms. The minimum atomic E-state index is -0.0632. The van der Waals surface area contributed by atoms with Crippen molar-refractivity contribution in [1.29, 1.82) is 0 Å². The third kappa shape index (κ3) is 19.3. The topological polar surface area (TPSA) is 228 Å². The molecule has 0 aliphatic carbocycles. The fourth-order valence-corrected chi connectivity index (χ4v) is 0.371. The molecule has 0 aromatic carbocycles. The van der Waals surface area contributed by atoms with E-state index in [-0.39, 0.29) is 6.54 Å². The van der Waals surface area contributed by atoms with Gasteiger partial charge >= 0.3 is 0 Å². The molecule has 0 saturated carbocycles. The molecular weight excluding hydrogens is 390 g/mol. The van der Waals surface area contributed by atoms with Gasteiger partial charge in [0.1, 0.15) is 0 Å². The van der Waals surface area contributed by atoms with Gasteiger partial charge < -0.3 is 0 Å². The van der Waals surface area contributed by atoms with E-state index in [1.807, 2.05) is 0 Å². The third-order valence-corrected chi connectivity index (χ3v) is 0.935. The van der Waals surface area contributed by atoms with Crippen LogP contribution >= 0.6 is 0 Å². The molecule has 0 aromatic rings. The molecule has 2 N–H and O–H groups in total. The maximum atomic E-state index is 7.56. The molecular formula is C2H7NO22. The van der Waals surface area contributed by atoms with Crippen molar-refractivity contribution in [1.82, 2.24) is 5.23 Å². The van der Waals surface area contributed by atoms with Gasteiger partial charge in [0.2, 0.25) is 0 Å². The van der Waals surface area contributed by atoms with Crippen LogP contribution in [0.3, 0.4) is 0 Å². The molecule has 25 heavy (non-hydrogen) atoms. The van der Waals surface area contributed by atoms with Crippen molar-refractivity contribution in [2.24, 2.45) is 0 Å². The van der Waals surface area contributed by atoms with Crippen molar-refractivity contribution in [3.05, 3.63) is 0 Å². The van der Waals surface area contributed by atoms with Gasteiger partial charge in [-0.2, -0.15) is 0 Å². The van der Waals surface area contributed by atoms with Crippen LogP contribution < -0.4 is 0 Å². The van der Waals surface area contributed by atoms with Crippen molar-refractivity contribution >= 4 is 0 Å². The zero-order chi connectivity index (χ0) is 18.4. The lowest BCUT2D eigenvalue weighted by molar-refractivity contribution is -0.875. The molecule has 0 atom stereocenters. The molecule has 0 aliphatic heterocycles. The molecule has 23 nitrogen and oxygen atoms in total. The molecule has 0 aromatic heterocycles. The van der Waals surface area contributed by atoms with E-state index in [4.69, 9.17) is 10.5 Å². The summed E-state index contributed by atoms with van der Waals surface area (Å²) in [6.07, 6.45) is 0. The molecule has 0 bridgehead atoms. The van der Waals surface area contributed by atoms with Gasteiger partial charge in [0.05, 0.1) is 6.54 Å². The van der Waals surface area contributed by atoms with Gasteiger partial charge in [-0.1, -0.05) is 9.98 Å². The molecule has 0 spiro atoms. The maximum Gasteiger partial charge on any atom is 0.0552 e. The summed E-state index contributed by atoms with van der Waals surface area (Å²) in [4.78, 5) is 8.31. The Hall–Kier alpha value is -0.920. The lowest BCUT2D eigenvalue weighted by Gasteiger charge is -2.11. The van der Waals surface area contributed by atoms with Gasteiger partial charge in [-0.3, -0.25) is 0 Å². The average Bonchev–Trinajstić information content (AvgIpc) is 2.63. The normalized spacial score (nSPS) is 11.5. The summed E-state index contributed by atoms with van der Waals surface area (Å²) in [5.41, 5.74) is 0. The van der Waals surface area contributed by atoms with Gasteiger partial charge in [-0.15, -0.1) is 0 Å². The lowest BCUT2D eigenvalue weighted by Crippen LogP contribution is -2.25. The van der Waals surface area contributed by atoms with Crippen LogP contribution in [-0.4, -0.2) is 22.3 Å². The van der Waals surface area contributed by atoms with Gasteiger partial charge in [-0.25, -0.2) is 10.5 Å². The van der Waals surface area contributed by atoms with E-state index >= 15 is 0 Å². The fourth-order valence-electron chi connectivity index (χ4n) is 0.371. The second-order valence-corrected chi connectivity index (χ2v) is 2.04. The summed E-state index contributed by atoms with van der Waals surface area (Å²) in [5, 5.41) is 77.8. The van der Waals surface area contributed by atoms with E-state index in [1.54, 1.807) is 0 Å². The zero-order valence-electron chi connectivity index (χ0n) is 11.2. The van der Waals surface area contributed by atoms with Crippen LogP contribution in [0.4, 0.5) is 0 Å². The molecule has 0 amide bonds. The summed E-state index contributed by atoms with van der Waals surface area (Å²) < 4.78 is 0. The lowest BCUT2D eigenvalue weighted by atomic mass is 10.8. The zero-order valence-corrected chi connectivity index (χ0v) is 11.2. The van der Waals surface area contributed by atoms with Crippen molar-refractivity contribution < 1.29 is 111 Å². The highest BCUT2D eigenvalue weighted by Crippen LogP contribution is 1.98. The van der Waals surface area contributed by atoms with Crippen molar-refractivity contribution in [3.63, 3.8) is 0 Å². The average molecular weight is 397 g/mol. The molecule has 0 saturated heterocycles. The molecule has 0 fully saturated rings. The minimum absolute atomic E-state index is 0.0632. The van der Waals surface area contributed by atoms with Crippen LogP contribution in [0.1, 0.15) is 6.92 Å². The highest BCUT2D eigenvalue weighted by molar-refractivity contribution is 4.07. The van der Waals surface area contributed by atoms with E-state index in [0.717, 1.165) is 0 Å². The standard InChI is InChI=1S/C2H7NO22/c1-2-3(6-10-14-18-22-24-20-16-12-8-4)7-11-15-19-23-25-21-17-13-9-5/h4-5H,2H2,1H3. The van der Waals surface area contributed by atoms with E-state index < -0.39 is 0 Å². The summed E-state index contributed by atoms with van der Waals surface area (Å²) in [6.45, 7) is 1.39. The predicted octanol–water partition coefficient (Wildman–Crippen LogP) is -1.11. The smallest absolute Gasteiger partial charge is 0.0552 e. The Kier molecular flexibility index (Phi) is 20.3. The minimum Gasteiger partial charge on any atom is -0.219 e. The Labute approximate surface area is 131 Å². The first-order chi connectivity index (χ1) is 12.3. The Balaban J connectivity index is 3.28. The molecule has 0 rings (SSSR count). The number of hydroxylamine groups is 2. The number of hydrogen-bond donors (Lipinski definition) is 2. The van der Waals surface area contributed by atoms with Gasteiger partial charge in [0.25, 0.3) is 0 Å². The van der Waals surface area contributed by atoms with Crippen LogP contribution in [0.15, 0.2) is 0 Å². The van der Waals surface area contributed by atoms with E-state index in [9.17, 15) is 0 Å². The Morgan fingerprint density at radius 1 is 0.480 bits per heavy atom.